The summed E-state index contributed by atoms with van der Waals surface area (Å²) in [6, 6.07) is 9.41. The minimum Gasteiger partial charge on any atom is -0.324 e. The summed E-state index contributed by atoms with van der Waals surface area (Å²) in [5.74, 6) is 0.618. The van der Waals surface area contributed by atoms with Crippen LogP contribution in [-0.2, 0) is 10.3 Å². The fourth-order valence-corrected chi connectivity index (χ4v) is 3.26. The first-order chi connectivity index (χ1) is 12.3. The molecule has 3 heterocycles. The largest absolute Gasteiger partial charge is 0.324 e. The van der Waals surface area contributed by atoms with Crippen molar-refractivity contribution in [3.8, 4) is 11.4 Å². The third-order valence-corrected chi connectivity index (χ3v) is 4.61. The highest BCUT2D eigenvalue weighted by molar-refractivity contribution is 5.97. The topological polar surface area (TPSA) is 101 Å². The Bertz CT molecular complexity index is 836. The molecule has 1 aliphatic heterocycles. The number of rotatable bonds is 4. The monoisotopic (exact) mass is 337 g/mol. The van der Waals surface area contributed by atoms with Crippen LogP contribution in [0, 0.1) is 0 Å². The molecule has 3 N–H and O–H groups in total. The number of carbonyl (C=O) groups excluding carboxylic acids is 1. The van der Waals surface area contributed by atoms with Crippen LogP contribution in [0.15, 0.2) is 49.1 Å². The molecule has 8 heteroatoms. The van der Waals surface area contributed by atoms with Gasteiger partial charge in [-0.3, -0.25) is 14.6 Å². The quantitative estimate of drug-likeness (QED) is 0.668. The van der Waals surface area contributed by atoms with Crippen LogP contribution in [0.3, 0.4) is 0 Å². The van der Waals surface area contributed by atoms with Crippen molar-refractivity contribution >= 4 is 11.6 Å². The Hall–Kier alpha value is -3.00. The fourth-order valence-electron chi connectivity index (χ4n) is 3.26. The summed E-state index contributed by atoms with van der Waals surface area (Å²) in [6.45, 7) is 1.57. The van der Waals surface area contributed by atoms with Crippen LogP contribution in [0.1, 0.15) is 12.8 Å². The molecule has 0 spiro atoms. The number of aromatic amines is 1. The molecule has 2 aromatic heterocycles. The van der Waals surface area contributed by atoms with Crippen molar-refractivity contribution < 1.29 is 4.79 Å². The Labute approximate surface area is 144 Å². The number of carbonyl (C=O) groups is 1. The molecular weight excluding hydrogens is 318 g/mol. The predicted molar refractivity (Wildman–Crippen MR) is 92.8 cm³/mol. The van der Waals surface area contributed by atoms with E-state index in [-0.39, 0.29) is 5.91 Å². The lowest BCUT2D eigenvalue weighted by atomic mass is 9.87. The molecule has 1 saturated heterocycles. The van der Waals surface area contributed by atoms with Crippen LogP contribution in [0.25, 0.3) is 11.4 Å². The second-order valence-corrected chi connectivity index (χ2v) is 6.10. The zero-order valence-electron chi connectivity index (χ0n) is 13.6. The molecule has 1 aliphatic rings. The average Bonchev–Trinajstić information content (AvgIpc) is 3.36. The van der Waals surface area contributed by atoms with Crippen molar-refractivity contribution in [3.05, 3.63) is 49.1 Å². The first-order valence-electron chi connectivity index (χ1n) is 8.26. The van der Waals surface area contributed by atoms with E-state index in [9.17, 15) is 4.79 Å². The summed E-state index contributed by atoms with van der Waals surface area (Å²) < 4.78 is 1.78. The molecule has 8 nitrogen and oxygen atoms in total. The molecule has 0 saturated carbocycles. The lowest BCUT2D eigenvalue weighted by molar-refractivity contribution is -0.126. The van der Waals surface area contributed by atoms with E-state index in [2.05, 4.69) is 30.9 Å². The van der Waals surface area contributed by atoms with Gasteiger partial charge in [0, 0.05) is 23.6 Å². The van der Waals surface area contributed by atoms with E-state index in [1.165, 1.54) is 6.33 Å². The summed E-state index contributed by atoms with van der Waals surface area (Å²) in [6.07, 6.45) is 6.42. The minimum atomic E-state index is -0.670. The Morgan fingerprint density at radius 2 is 2.12 bits per heavy atom. The first-order valence-corrected chi connectivity index (χ1v) is 8.26. The van der Waals surface area contributed by atoms with Gasteiger partial charge < -0.3 is 10.6 Å². The van der Waals surface area contributed by atoms with Crippen LogP contribution in [0.5, 0.6) is 0 Å². The van der Waals surface area contributed by atoms with Gasteiger partial charge in [-0.1, -0.05) is 12.1 Å². The van der Waals surface area contributed by atoms with Gasteiger partial charge in [0.25, 0.3) is 5.91 Å². The summed E-state index contributed by atoms with van der Waals surface area (Å²) in [4.78, 5) is 17.3. The molecule has 0 atom stereocenters. The highest BCUT2D eigenvalue weighted by Crippen LogP contribution is 2.29. The predicted octanol–water partition coefficient (Wildman–Crippen LogP) is 1.39. The van der Waals surface area contributed by atoms with E-state index in [1.54, 1.807) is 10.9 Å². The summed E-state index contributed by atoms with van der Waals surface area (Å²) in [5, 5.41) is 17.4. The number of nitrogens with one attached hydrogen (secondary N) is 3. The molecule has 0 radical (unpaired) electrons. The van der Waals surface area contributed by atoms with E-state index in [4.69, 9.17) is 0 Å². The number of H-pyrrole nitrogens is 1. The molecular formula is C17H19N7O. The number of benzene rings is 1. The minimum absolute atomic E-state index is 0.0487. The number of amides is 1. The van der Waals surface area contributed by atoms with E-state index in [1.807, 2.05) is 36.5 Å². The van der Waals surface area contributed by atoms with Gasteiger partial charge in [0.15, 0.2) is 5.82 Å². The molecule has 25 heavy (non-hydrogen) atoms. The molecule has 1 fully saturated rings. The maximum absolute atomic E-state index is 13.2. The first kappa shape index (κ1) is 15.5. The molecule has 128 valence electrons. The lowest BCUT2D eigenvalue weighted by Crippen LogP contribution is -2.52. The van der Waals surface area contributed by atoms with Gasteiger partial charge in [-0.25, -0.2) is 4.98 Å². The Kier molecular flexibility index (Phi) is 4.02. The van der Waals surface area contributed by atoms with Gasteiger partial charge in [-0.2, -0.15) is 10.2 Å². The normalized spacial score (nSPS) is 16.5. The fraction of sp³-hybridized carbons (Fsp3) is 0.294. The number of hydrogen-bond acceptors (Lipinski definition) is 5. The Morgan fingerprint density at radius 3 is 2.84 bits per heavy atom. The SMILES string of the molecule is O=C(Nc1cccc(-c2ncn[nH]2)c1)C1(n2cccn2)CCNCC1. The molecule has 3 aromatic rings. The van der Waals surface area contributed by atoms with Crippen molar-refractivity contribution in [2.45, 2.75) is 18.4 Å². The smallest absolute Gasteiger partial charge is 0.252 e. The van der Waals surface area contributed by atoms with Gasteiger partial charge in [-0.05, 0) is 44.1 Å². The van der Waals surface area contributed by atoms with E-state index in [0.29, 0.717) is 18.7 Å². The highest BCUT2D eigenvalue weighted by Gasteiger charge is 2.42. The van der Waals surface area contributed by atoms with Gasteiger partial charge in [0.1, 0.15) is 11.9 Å². The third-order valence-electron chi connectivity index (χ3n) is 4.61. The van der Waals surface area contributed by atoms with Gasteiger partial charge in [-0.15, -0.1) is 0 Å². The van der Waals surface area contributed by atoms with Crippen molar-refractivity contribution in [3.63, 3.8) is 0 Å². The maximum atomic E-state index is 13.2. The third kappa shape index (κ3) is 2.91. The van der Waals surface area contributed by atoms with E-state index >= 15 is 0 Å². The van der Waals surface area contributed by atoms with Crippen molar-refractivity contribution in [2.75, 3.05) is 18.4 Å². The highest BCUT2D eigenvalue weighted by atomic mass is 16.2. The van der Waals surface area contributed by atoms with E-state index < -0.39 is 5.54 Å². The van der Waals surface area contributed by atoms with Gasteiger partial charge in [0.2, 0.25) is 0 Å². The number of piperidine rings is 1. The molecule has 0 aliphatic carbocycles. The number of nitrogens with zero attached hydrogens (tertiary/aromatic N) is 4. The van der Waals surface area contributed by atoms with Crippen LogP contribution in [0.4, 0.5) is 5.69 Å². The van der Waals surface area contributed by atoms with Crippen molar-refractivity contribution in [1.82, 2.24) is 30.3 Å². The zero-order chi connectivity index (χ0) is 17.1. The zero-order valence-corrected chi connectivity index (χ0v) is 13.6. The van der Waals surface area contributed by atoms with Crippen LogP contribution < -0.4 is 10.6 Å². The summed E-state index contributed by atoms with van der Waals surface area (Å²) >= 11 is 0. The van der Waals surface area contributed by atoms with Crippen molar-refractivity contribution in [1.29, 1.82) is 0 Å². The van der Waals surface area contributed by atoms with E-state index in [0.717, 1.165) is 24.3 Å². The molecule has 4 rings (SSSR count). The lowest BCUT2D eigenvalue weighted by Gasteiger charge is -2.36. The second-order valence-electron chi connectivity index (χ2n) is 6.10. The standard InChI is InChI=1S/C17H19N7O/c25-16(17(5-8-18-9-6-17)24-10-2-7-21-24)22-14-4-1-3-13(11-14)15-19-12-20-23-15/h1-4,7,10-12,18H,5-6,8-9H2,(H,22,25)(H,19,20,23). The Balaban J connectivity index is 1.61. The average molecular weight is 337 g/mol. The maximum Gasteiger partial charge on any atom is 0.252 e. The number of aromatic nitrogens is 5. The van der Waals surface area contributed by atoms with Crippen molar-refractivity contribution in [2.24, 2.45) is 0 Å². The summed E-state index contributed by atoms with van der Waals surface area (Å²) in [5.41, 5.74) is 0.925. The number of anilines is 1. The van der Waals surface area contributed by atoms with Crippen LogP contribution in [0.2, 0.25) is 0 Å². The molecule has 0 unspecified atom stereocenters. The van der Waals surface area contributed by atoms with Crippen LogP contribution in [-0.4, -0.2) is 44.0 Å². The second kappa shape index (κ2) is 6.48. The number of hydrogen-bond donors (Lipinski definition) is 3. The molecule has 1 aromatic carbocycles. The Morgan fingerprint density at radius 1 is 1.24 bits per heavy atom. The summed E-state index contributed by atoms with van der Waals surface area (Å²) in [7, 11) is 0. The molecule has 0 bridgehead atoms. The van der Waals surface area contributed by atoms with Gasteiger partial charge in [0.05, 0.1) is 0 Å². The van der Waals surface area contributed by atoms with Gasteiger partial charge >= 0.3 is 0 Å². The van der Waals surface area contributed by atoms with Crippen LogP contribution >= 0.6 is 0 Å². The molecule has 1 amide bonds.